The van der Waals surface area contributed by atoms with Crippen LogP contribution in [0.5, 0.6) is 0 Å². The van der Waals surface area contributed by atoms with E-state index >= 15 is 0 Å². The molecule has 23 heavy (non-hydrogen) atoms. The molecule has 0 radical (unpaired) electrons. The van der Waals surface area contributed by atoms with Crippen molar-refractivity contribution < 1.29 is 14.3 Å². The molecule has 4 heteroatoms. The number of hydrogen-bond donors (Lipinski definition) is 2. The highest BCUT2D eigenvalue weighted by molar-refractivity contribution is 6.06. The van der Waals surface area contributed by atoms with Gasteiger partial charge in [-0.2, -0.15) is 0 Å². The number of rotatable bonds is 6. The van der Waals surface area contributed by atoms with E-state index in [2.05, 4.69) is 17.4 Å². The Morgan fingerprint density at radius 1 is 1.22 bits per heavy atom. The van der Waals surface area contributed by atoms with Gasteiger partial charge in [0.15, 0.2) is 0 Å². The number of aliphatic hydroxyl groups excluding tert-OH is 1. The van der Waals surface area contributed by atoms with Crippen molar-refractivity contribution in [2.45, 2.75) is 32.2 Å². The number of nitrogens with one attached hydrogen (secondary N) is 1. The summed E-state index contributed by atoms with van der Waals surface area (Å²) < 4.78 is 5.81. The van der Waals surface area contributed by atoms with E-state index in [0.717, 1.165) is 28.2 Å². The van der Waals surface area contributed by atoms with Crippen LogP contribution in [0.25, 0.3) is 21.7 Å². The van der Waals surface area contributed by atoms with Crippen molar-refractivity contribution in [3.8, 4) is 0 Å². The SMILES string of the molecule is CCC(CCO)NC(=O)Cc1cc2c(ccc3ccccc32)o1. The second-order valence-electron chi connectivity index (χ2n) is 5.77. The van der Waals surface area contributed by atoms with Crippen LogP contribution in [-0.4, -0.2) is 23.7 Å². The Morgan fingerprint density at radius 2 is 2.04 bits per heavy atom. The largest absolute Gasteiger partial charge is 0.461 e. The number of furan rings is 1. The molecule has 1 heterocycles. The first-order valence-electron chi connectivity index (χ1n) is 8.01. The minimum absolute atomic E-state index is 0.0118. The molecule has 0 bridgehead atoms. The van der Waals surface area contributed by atoms with Crippen molar-refractivity contribution >= 4 is 27.6 Å². The second kappa shape index (κ2) is 6.84. The minimum atomic E-state index is -0.0753. The molecule has 4 nitrogen and oxygen atoms in total. The minimum Gasteiger partial charge on any atom is -0.461 e. The van der Waals surface area contributed by atoms with Crippen LogP contribution in [0, 0.1) is 0 Å². The van der Waals surface area contributed by atoms with E-state index in [1.54, 1.807) is 0 Å². The first-order valence-corrected chi connectivity index (χ1v) is 8.01. The third-order valence-corrected chi connectivity index (χ3v) is 4.15. The summed E-state index contributed by atoms with van der Waals surface area (Å²) in [6.07, 6.45) is 1.59. The molecule has 120 valence electrons. The van der Waals surface area contributed by atoms with E-state index in [1.807, 2.05) is 37.3 Å². The van der Waals surface area contributed by atoms with Gasteiger partial charge in [-0.05, 0) is 35.7 Å². The first kappa shape index (κ1) is 15.6. The van der Waals surface area contributed by atoms with Crippen LogP contribution >= 0.6 is 0 Å². The van der Waals surface area contributed by atoms with Crippen LogP contribution in [0.1, 0.15) is 25.5 Å². The maximum atomic E-state index is 12.1. The van der Waals surface area contributed by atoms with E-state index in [4.69, 9.17) is 9.52 Å². The highest BCUT2D eigenvalue weighted by Gasteiger charge is 2.14. The molecule has 3 aromatic rings. The zero-order valence-corrected chi connectivity index (χ0v) is 13.2. The van der Waals surface area contributed by atoms with E-state index in [-0.39, 0.29) is 25.0 Å². The summed E-state index contributed by atoms with van der Waals surface area (Å²) in [7, 11) is 0. The summed E-state index contributed by atoms with van der Waals surface area (Å²) in [6.45, 7) is 2.07. The van der Waals surface area contributed by atoms with E-state index in [0.29, 0.717) is 12.2 Å². The van der Waals surface area contributed by atoms with Crippen molar-refractivity contribution in [2.75, 3.05) is 6.61 Å². The highest BCUT2D eigenvalue weighted by atomic mass is 16.3. The van der Waals surface area contributed by atoms with Crippen molar-refractivity contribution in [1.82, 2.24) is 5.32 Å². The van der Waals surface area contributed by atoms with E-state index in [9.17, 15) is 4.79 Å². The van der Waals surface area contributed by atoms with Gasteiger partial charge in [0.25, 0.3) is 0 Å². The van der Waals surface area contributed by atoms with E-state index in [1.165, 1.54) is 0 Å². The smallest absolute Gasteiger partial charge is 0.227 e. The van der Waals surface area contributed by atoms with Gasteiger partial charge in [0, 0.05) is 18.0 Å². The summed E-state index contributed by atoms with van der Waals surface area (Å²) in [5.74, 6) is 0.585. The van der Waals surface area contributed by atoms with Crippen LogP contribution in [0.4, 0.5) is 0 Å². The first-order chi connectivity index (χ1) is 11.2. The molecular formula is C19H21NO3. The summed E-state index contributed by atoms with van der Waals surface area (Å²) in [5.41, 5.74) is 0.800. The predicted octanol–water partition coefficient (Wildman–Crippen LogP) is 3.41. The van der Waals surface area contributed by atoms with Gasteiger partial charge in [-0.1, -0.05) is 37.3 Å². The average Bonchev–Trinajstić information content (AvgIpc) is 2.97. The fourth-order valence-corrected chi connectivity index (χ4v) is 2.90. The van der Waals surface area contributed by atoms with Crippen LogP contribution in [0.15, 0.2) is 46.9 Å². The summed E-state index contributed by atoms with van der Waals surface area (Å²) in [6, 6.07) is 14.1. The second-order valence-corrected chi connectivity index (χ2v) is 5.77. The van der Waals surface area contributed by atoms with Crippen LogP contribution in [-0.2, 0) is 11.2 Å². The quantitative estimate of drug-likeness (QED) is 0.733. The highest BCUT2D eigenvalue weighted by Crippen LogP contribution is 2.28. The summed E-state index contributed by atoms with van der Waals surface area (Å²) in [4.78, 5) is 12.1. The molecule has 0 aliphatic carbocycles. The molecule has 0 fully saturated rings. The lowest BCUT2D eigenvalue weighted by Crippen LogP contribution is -2.35. The number of benzene rings is 2. The molecule has 1 amide bonds. The Kier molecular flexibility index (Phi) is 4.63. The lowest BCUT2D eigenvalue weighted by Gasteiger charge is -2.14. The van der Waals surface area contributed by atoms with Crippen molar-refractivity contribution in [1.29, 1.82) is 0 Å². The maximum absolute atomic E-state index is 12.1. The van der Waals surface area contributed by atoms with Gasteiger partial charge >= 0.3 is 0 Å². The molecule has 0 saturated heterocycles. The van der Waals surface area contributed by atoms with Crippen molar-refractivity contribution in [3.05, 3.63) is 48.2 Å². The number of carbonyl (C=O) groups is 1. The van der Waals surface area contributed by atoms with Crippen molar-refractivity contribution in [3.63, 3.8) is 0 Å². The predicted molar refractivity (Wildman–Crippen MR) is 91.3 cm³/mol. The standard InChI is InChI=1S/C19H21NO3/c1-2-14(9-10-21)20-19(22)12-15-11-17-16-6-4-3-5-13(16)7-8-18(17)23-15/h3-8,11,14,21H,2,9-10,12H2,1H3,(H,20,22). The van der Waals surface area contributed by atoms with Gasteiger partial charge < -0.3 is 14.8 Å². The van der Waals surface area contributed by atoms with Gasteiger partial charge in [-0.15, -0.1) is 0 Å². The molecule has 0 aliphatic rings. The zero-order valence-electron chi connectivity index (χ0n) is 13.2. The van der Waals surface area contributed by atoms with Crippen LogP contribution in [0.3, 0.4) is 0 Å². The lowest BCUT2D eigenvalue weighted by molar-refractivity contribution is -0.121. The Bertz CT molecular complexity index is 822. The number of aliphatic hydroxyl groups is 1. The van der Waals surface area contributed by atoms with Gasteiger partial charge in [0.1, 0.15) is 11.3 Å². The van der Waals surface area contributed by atoms with Crippen LogP contribution < -0.4 is 5.32 Å². The number of fused-ring (bicyclic) bond motifs is 3. The summed E-state index contributed by atoms with van der Waals surface area (Å²) in [5, 5.41) is 15.3. The normalized spacial score (nSPS) is 12.6. The Labute approximate surface area is 135 Å². The summed E-state index contributed by atoms with van der Waals surface area (Å²) >= 11 is 0. The molecule has 0 saturated carbocycles. The molecule has 2 N–H and O–H groups in total. The molecule has 2 aromatic carbocycles. The Balaban J connectivity index is 1.81. The fourth-order valence-electron chi connectivity index (χ4n) is 2.90. The zero-order chi connectivity index (χ0) is 16.2. The number of amides is 1. The fraction of sp³-hybridized carbons (Fsp3) is 0.316. The van der Waals surface area contributed by atoms with Gasteiger partial charge in [0.05, 0.1) is 6.42 Å². The molecular weight excluding hydrogens is 290 g/mol. The van der Waals surface area contributed by atoms with Gasteiger partial charge in [-0.3, -0.25) is 4.79 Å². The topological polar surface area (TPSA) is 62.5 Å². The van der Waals surface area contributed by atoms with Gasteiger partial charge in [0.2, 0.25) is 5.91 Å². The molecule has 1 aromatic heterocycles. The molecule has 1 unspecified atom stereocenters. The van der Waals surface area contributed by atoms with Crippen LogP contribution in [0.2, 0.25) is 0 Å². The Morgan fingerprint density at radius 3 is 2.83 bits per heavy atom. The molecule has 3 rings (SSSR count). The van der Waals surface area contributed by atoms with Gasteiger partial charge in [-0.25, -0.2) is 0 Å². The third kappa shape index (κ3) is 3.37. The monoisotopic (exact) mass is 311 g/mol. The molecule has 0 aliphatic heterocycles. The lowest BCUT2D eigenvalue weighted by atomic mass is 10.1. The molecule has 0 spiro atoms. The van der Waals surface area contributed by atoms with E-state index < -0.39 is 0 Å². The Hall–Kier alpha value is -2.33. The average molecular weight is 311 g/mol. The maximum Gasteiger partial charge on any atom is 0.227 e. The van der Waals surface area contributed by atoms with Crippen molar-refractivity contribution in [2.24, 2.45) is 0 Å². The molecule has 1 atom stereocenters. The third-order valence-electron chi connectivity index (χ3n) is 4.15. The number of hydrogen-bond acceptors (Lipinski definition) is 3. The number of carbonyl (C=O) groups excluding carboxylic acids is 1.